The first-order chi connectivity index (χ1) is 8.02. The van der Waals surface area contributed by atoms with E-state index in [0.717, 1.165) is 0 Å². The highest BCUT2D eigenvalue weighted by molar-refractivity contribution is 5.78. The third-order valence-electron chi connectivity index (χ3n) is 3.05. The van der Waals surface area contributed by atoms with E-state index in [-0.39, 0.29) is 11.9 Å². The van der Waals surface area contributed by atoms with E-state index in [9.17, 15) is 4.79 Å². The van der Waals surface area contributed by atoms with Gasteiger partial charge in [0.1, 0.15) is 0 Å². The molecule has 1 amide bonds. The minimum Gasteiger partial charge on any atom is -0.361 e. The Hall–Kier alpha value is -1.12. The summed E-state index contributed by atoms with van der Waals surface area (Å²) in [6.45, 7) is 8.24. The summed E-state index contributed by atoms with van der Waals surface area (Å²) in [7, 11) is 0. The minimum absolute atomic E-state index is 0.0183. The van der Waals surface area contributed by atoms with Gasteiger partial charge in [-0.2, -0.15) is 5.26 Å². The second-order valence-electron chi connectivity index (χ2n) is 4.82. The van der Waals surface area contributed by atoms with Crippen molar-refractivity contribution in [3.05, 3.63) is 0 Å². The molecule has 1 fully saturated rings. The van der Waals surface area contributed by atoms with Crippen LogP contribution in [-0.4, -0.2) is 49.2 Å². The molecule has 5 heteroatoms. The van der Waals surface area contributed by atoms with Gasteiger partial charge in [-0.15, -0.1) is 0 Å². The molecule has 0 aromatic heterocycles. The van der Waals surface area contributed by atoms with Gasteiger partial charge in [-0.05, 0) is 12.8 Å². The first-order valence-corrected chi connectivity index (χ1v) is 6.06. The fraction of sp³-hybridized carbons (Fsp3) is 0.833. The Morgan fingerprint density at radius 3 is 2.88 bits per heavy atom. The summed E-state index contributed by atoms with van der Waals surface area (Å²) < 4.78 is 5.22. The molecule has 0 saturated carbocycles. The number of nitrogens with zero attached hydrogens (tertiary/aromatic N) is 2. The maximum atomic E-state index is 11.7. The Balaban J connectivity index is 2.33. The molecule has 1 aliphatic heterocycles. The van der Waals surface area contributed by atoms with Crippen LogP contribution >= 0.6 is 0 Å². The van der Waals surface area contributed by atoms with Gasteiger partial charge in [0.15, 0.2) is 6.10 Å². The zero-order valence-electron chi connectivity index (χ0n) is 10.8. The molecule has 0 radical (unpaired) electrons. The zero-order chi connectivity index (χ0) is 12.8. The molecule has 2 unspecified atom stereocenters. The molecule has 5 nitrogen and oxygen atoms in total. The third-order valence-corrected chi connectivity index (χ3v) is 3.05. The number of carbonyl (C=O) groups excluding carboxylic acids is 1. The number of amides is 1. The first-order valence-electron chi connectivity index (χ1n) is 6.06. The normalized spacial score (nSPS) is 23.1. The van der Waals surface area contributed by atoms with Gasteiger partial charge in [0.25, 0.3) is 0 Å². The van der Waals surface area contributed by atoms with Crippen molar-refractivity contribution in [2.24, 2.45) is 5.92 Å². The summed E-state index contributed by atoms with van der Waals surface area (Å²) in [5, 5.41) is 11.7. The monoisotopic (exact) mass is 239 g/mol. The quantitative estimate of drug-likeness (QED) is 0.770. The van der Waals surface area contributed by atoms with E-state index < -0.39 is 6.10 Å². The van der Waals surface area contributed by atoms with Gasteiger partial charge in [-0.1, -0.05) is 13.8 Å². The molecule has 1 heterocycles. The average molecular weight is 239 g/mol. The van der Waals surface area contributed by atoms with Crippen molar-refractivity contribution in [2.75, 3.05) is 26.2 Å². The van der Waals surface area contributed by atoms with Crippen LogP contribution in [0.3, 0.4) is 0 Å². The molecule has 0 spiro atoms. The van der Waals surface area contributed by atoms with Gasteiger partial charge < -0.3 is 10.1 Å². The summed E-state index contributed by atoms with van der Waals surface area (Å²) in [5.41, 5.74) is 0. The molecule has 1 rings (SSSR count). The van der Waals surface area contributed by atoms with Crippen LogP contribution in [0.1, 0.15) is 20.8 Å². The minimum atomic E-state index is -0.404. The van der Waals surface area contributed by atoms with E-state index in [1.54, 1.807) is 0 Å². The van der Waals surface area contributed by atoms with E-state index in [2.05, 4.69) is 25.2 Å². The smallest absolute Gasteiger partial charge is 0.234 e. The highest BCUT2D eigenvalue weighted by Gasteiger charge is 2.22. The molecule has 0 aliphatic carbocycles. The number of nitrogens with one attached hydrogen (secondary N) is 1. The van der Waals surface area contributed by atoms with E-state index >= 15 is 0 Å². The van der Waals surface area contributed by atoms with Crippen molar-refractivity contribution in [1.29, 1.82) is 5.26 Å². The number of morpholine rings is 1. The predicted molar refractivity (Wildman–Crippen MR) is 64.2 cm³/mol. The summed E-state index contributed by atoms with van der Waals surface area (Å²) in [4.78, 5) is 13.7. The van der Waals surface area contributed by atoms with Gasteiger partial charge in [0, 0.05) is 19.1 Å². The lowest BCUT2D eigenvalue weighted by Crippen LogP contribution is -2.48. The lowest BCUT2D eigenvalue weighted by molar-refractivity contribution is -0.124. The van der Waals surface area contributed by atoms with Crippen LogP contribution < -0.4 is 5.32 Å². The SMILES string of the molecule is CC(C)C(C)NC(=O)CN1CCOC(C#N)C1. The maximum Gasteiger partial charge on any atom is 0.234 e. The maximum absolute atomic E-state index is 11.7. The largest absolute Gasteiger partial charge is 0.361 e. The average Bonchev–Trinajstić information content (AvgIpc) is 2.28. The second-order valence-corrected chi connectivity index (χ2v) is 4.82. The number of ether oxygens (including phenoxy) is 1. The molecule has 1 saturated heterocycles. The van der Waals surface area contributed by atoms with Crippen molar-refractivity contribution >= 4 is 5.91 Å². The fourth-order valence-corrected chi connectivity index (χ4v) is 1.59. The summed E-state index contributed by atoms with van der Waals surface area (Å²) in [6.07, 6.45) is -0.404. The highest BCUT2D eigenvalue weighted by Crippen LogP contribution is 2.04. The Morgan fingerprint density at radius 2 is 2.29 bits per heavy atom. The molecule has 2 atom stereocenters. The van der Waals surface area contributed by atoms with Crippen LogP contribution in [0.2, 0.25) is 0 Å². The van der Waals surface area contributed by atoms with Crippen LogP contribution in [0.5, 0.6) is 0 Å². The zero-order valence-corrected chi connectivity index (χ0v) is 10.8. The van der Waals surface area contributed by atoms with E-state index in [1.165, 1.54) is 0 Å². The van der Waals surface area contributed by atoms with Crippen molar-refractivity contribution in [2.45, 2.75) is 32.9 Å². The van der Waals surface area contributed by atoms with Crippen molar-refractivity contribution in [3.63, 3.8) is 0 Å². The number of rotatable bonds is 4. The molecule has 1 aliphatic rings. The molecular weight excluding hydrogens is 218 g/mol. The first kappa shape index (κ1) is 13.9. The predicted octanol–water partition coefficient (Wildman–Crippen LogP) is 0.371. The lowest BCUT2D eigenvalue weighted by Gasteiger charge is -2.29. The van der Waals surface area contributed by atoms with E-state index in [1.807, 2.05) is 11.8 Å². The van der Waals surface area contributed by atoms with Gasteiger partial charge in [0.2, 0.25) is 5.91 Å². The number of hydrogen-bond acceptors (Lipinski definition) is 4. The molecule has 0 aromatic rings. The van der Waals surface area contributed by atoms with Crippen LogP contribution in [0, 0.1) is 17.2 Å². The Morgan fingerprint density at radius 1 is 1.59 bits per heavy atom. The Labute approximate surface area is 103 Å². The van der Waals surface area contributed by atoms with Crippen LogP contribution in [-0.2, 0) is 9.53 Å². The van der Waals surface area contributed by atoms with Crippen molar-refractivity contribution < 1.29 is 9.53 Å². The van der Waals surface area contributed by atoms with Crippen LogP contribution in [0.25, 0.3) is 0 Å². The topological polar surface area (TPSA) is 65.4 Å². The van der Waals surface area contributed by atoms with E-state index in [4.69, 9.17) is 10.00 Å². The summed E-state index contributed by atoms with van der Waals surface area (Å²) >= 11 is 0. The molecule has 17 heavy (non-hydrogen) atoms. The second kappa shape index (κ2) is 6.58. The van der Waals surface area contributed by atoms with Gasteiger partial charge in [0.05, 0.1) is 19.2 Å². The number of hydrogen-bond donors (Lipinski definition) is 1. The molecule has 0 aromatic carbocycles. The molecular formula is C12H21N3O2. The highest BCUT2D eigenvalue weighted by atomic mass is 16.5. The molecule has 96 valence electrons. The molecule has 1 N–H and O–H groups in total. The van der Waals surface area contributed by atoms with Crippen LogP contribution in [0.4, 0.5) is 0 Å². The molecule has 0 bridgehead atoms. The number of carbonyl (C=O) groups is 1. The third kappa shape index (κ3) is 4.72. The standard InChI is InChI=1S/C12H21N3O2/c1-9(2)10(3)14-12(16)8-15-4-5-17-11(6-13)7-15/h9-11H,4-5,7-8H2,1-3H3,(H,14,16). The van der Waals surface area contributed by atoms with Gasteiger partial charge >= 0.3 is 0 Å². The van der Waals surface area contributed by atoms with Crippen molar-refractivity contribution in [1.82, 2.24) is 10.2 Å². The van der Waals surface area contributed by atoms with Crippen molar-refractivity contribution in [3.8, 4) is 6.07 Å². The van der Waals surface area contributed by atoms with Gasteiger partial charge in [-0.3, -0.25) is 9.69 Å². The number of nitriles is 1. The van der Waals surface area contributed by atoms with E-state index in [0.29, 0.717) is 32.2 Å². The fourth-order valence-electron chi connectivity index (χ4n) is 1.59. The van der Waals surface area contributed by atoms with Gasteiger partial charge in [-0.25, -0.2) is 0 Å². The lowest BCUT2D eigenvalue weighted by atomic mass is 10.1. The Bertz CT molecular complexity index is 299. The van der Waals surface area contributed by atoms with Crippen LogP contribution in [0.15, 0.2) is 0 Å². The summed E-state index contributed by atoms with van der Waals surface area (Å²) in [5.74, 6) is 0.445. The Kier molecular flexibility index (Phi) is 5.39. The summed E-state index contributed by atoms with van der Waals surface area (Å²) in [6, 6.07) is 2.25.